The van der Waals surface area contributed by atoms with E-state index >= 15 is 0 Å². The van der Waals surface area contributed by atoms with E-state index in [2.05, 4.69) is 36.2 Å². The van der Waals surface area contributed by atoms with E-state index in [4.69, 9.17) is 0 Å². The molecule has 0 unspecified atom stereocenters. The molecule has 154 valence electrons. The van der Waals surface area contributed by atoms with Crippen LogP contribution in [-0.2, 0) is 0 Å². The molecule has 6 aromatic rings. The van der Waals surface area contributed by atoms with Gasteiger partial charge in [-0.25, -0.2) is 9.37 Å². The van der Waals surface area contributed by atoms with Gasteiger partial charge in [0.2, 0.25) is 0 Å². The number of nitrogens with zero attached hydrogens (tertiary/aromatic N) is 4. The van der Waals surface area contributed by atoms with Gasteiger partial charge in [0.25, 0.3) is 0 Å². The summed E-state index contributed by atoms with van der Waals surface area (Å²) in [5.74, 6) is -0.275. The first-order chi connectivity index (χ1) is 15.7. The Hall–Kier alpha value is -4.39. The summed E-state index contributed by atoms with van der Waals surface area (Å²) in [4.78, 5) is 16.6. The van der Waals surface area contributed by atoms with Gasteiger partial charge in [0.15, 0.2) is 5.65 Å². The van der Waals surface area contributed by atoms with Crippen molar-refractivity contribution < 1.29 is 4.39 Å². The average Bonchev–Trinajstić information content (AvgIpc) is 3.42. The first-order valence-electron chi connectivity index (χ1n) is 10.2. The van der Waals surface area contributed by atoms with Gasteiger partial charge in [0.05, 0.1) is 11.4 Å². The van der Waals surface area contributed by atoms with E-state index in [0.717, 1.165) is 55.6 Å². The number of nitrogens with one attached hydrogen (secondary N) is 2. The van der Waals surface area contributed by atoms with E-state index < -0.39 is 0 Å². The van der Waals surface area contributed by atoms with Gasteiger partial charge in [-0.3, -0.25) is 15.1 Å². The number of hydrogen-bond acceptors (Lipinski definition) is 4. The van der Waals surface area contributed by atoms with Crippen molar-refractivity contribution in [3.05, 3.63) is 84.7 Å². The lowest BCUT2D eigenvalue weighted by atomic mass is 10.0. The summed E-state index contributed by atoms with van der Waals surface area (Å²) in [6.07, 6.45) is 7.06. The fourth-order valence-electron chi connectivity index (χ4n) is 4.10. The summed E-state index contributed by atoms with van der Waals surface area (Å²) < 4.78 is 14.0. The molecule has 0 radical (unpaired) electrons. The normalized spacial score (nSPS) is 11.4. The Morgan fingerprint density at radius 3 is 2.50 bits per heavy atom. The van der Waals surface area contributed by atoms with Gasteiger partial charge in [-0.1, -0.05) is 0 Å². The third kappa shape index (κ3) is 3.02. The Bertz CT molecular complexity index is 1580. The highest BCUT2D eigenvalue weighted by molar-refractivity contribution is 6.00. The number of pyridine rings is 3. The lowest BCUT2D eigenvalue weighted by Gasteiger charge is -2.04. The number of fused-ring (bicyclic) bond motifs is 2. The lowest BCUT2D eigenvalue weighted by molar-refractivity contribution is 0.627. The molecule has 0 aliphatic rings. The lowest BCUT2D eigenvalue weighted by Crippen LogP contribution is -1.87. The molecule has 6 nitrogen and oxygen atoms in total. The maximum absolute atomic E-state index is 14.0. The maximum Gasteiger partial charge on any atom is 0.155 e. The van der Waals surface area contributed by atoms with Crippen LogP contribution in [0.25, 0.3) is 55.7 Å². The van der Waals surface area contributed by atoms with Crippen LogP contribution < -0.4 is 0 Å². The van der Waals surface area contributed by atoms with Gasteiger partial charge in [-0.05, 0) is 66.6 Å². The van der Waals surface area contributed by atoms with Crippen molar-refractivity contribution in [2.75, 3.05) is 0 Å². The van der Waals surface area contributed by atoms with Crippen LogP contribution >= 0.6 is 0 Å². The van der Waals surface area contributed by atoms with Crippen LogP contribution in [0.1, 0.15) is 5.56 Å². The SMILES string of the molecule is Cc1cc(F)cc(-c2nccc3[nH]c(-c4n[nH]c5ncc(-c6ccncc6)cc45)cc23)c1. The molecule has 7 heteroatoms. The summed E-state index contributed by atoms with van der Waals surface area (Å²) in [5.41, 5.74) is 7.54. The Morgan fingerprint density at radius 1 is 0.781 bits per heavy atom. The van der Waals surface area contributed by atoms with E-state index in [-0.39, 0.29) is 5.82 Å². The number of rotatable bonds is 3. The molecule has 0 amide bonds. The smallest absolute Gasteiger partial charge is 0.155 e. The third-order valence-corrected chi connectivity index (χ3v) is 5.55. The van der Waals surface area contributed by atoms with Gasteiger partial charge < -0.3 is 4.98 Å². The second-order valence-electron chi connectivity index (χ2n) is 7.75. The molecule has 0 fully saturated rings. The molecule has 0 aliphatic carbocycles. The standard InChI is InChI=1S/C25H17FN6/c1-14-8-16(10-18(26)9-14)23-19-12-22(30-21(19)4-7-28-23)24-20-11-17(13-29-25(20)32-31-24)15-2-5-27-6-3-15/h2-13,30H,1H3,(H,29,31,32). The van der Waals surface area contributed by atoms with E-state index in [9.17, 15) is 4.39 Å². The zero-order valence-corrected chi connectivity index (χ0v) is 17.1. The van der Waals surface area contributed by atoms with Crippen molar-refractivity contribution in [1.29, 1.82) is 0 Å². The first kappa shape index (κ1) is 18.4. The second-order valence-corrected chi connectivity index (χ2v) is 7.75. The number of hydrogen-bond donors (Lipinski definition) is 2. The van der Waals surface area contributed by atoms with Crippen LogP contribution in [0, 0.1) is 12.7 Å². The number of aryl methyl sites for hydroxylation is 1. The van der Waals surface area contributed by atoms with Crippen molar-refractivity contribution in [2.24, 2.45) is 0 Å². The second kappa shape index (κ2) is 7.09. The fraction of sp³-hybridized carbons (Fsp3) is 0.0400. The number of aromatic nitrogens is 6. The number of benzene rings is 1. The molecule has 1 aromatic carbocycles. The molecule has 0 spiro atoms. The van der Waals surface area contributed by atoms with Crippen molar-refractivity contribution in [1.82, 2.24) is 30.1 Å². The van der Waals surface area contributed by atoms with Crippen LogP contribution in [0.15, 0.2) is 73.3 Å². The summed E-state index contributed by atoms with van der Waals surface area (Å²) >= 11 is 0. The van der Waals surface area contributed by atoms with E-state index in [1.54, 1.807) is 18.6 Å². The highest BCUT2D eigenvalue weighted by atomic mass is 19.1. The Morgan fingerprint density at radius 2 is 1.66 bits per heavy atom. The fourth-order valence-corrected chi connectivity index (χ4v) is 4.10. The minimum Gasteiger partial charge on any atom is -0.353 e. The van der Waals surface area contributed by atoms with Crippen LogP contribution in [0.3, 0.4) is 0 Å². The molecule has 0 saturated heterocycles. The number of H-pyrrole nitrogens is 2. The minimum atomic E-state index is -0.275. The molecular formula is C25H17FN6. The van der Waals surface area contributed by atoms with Crippen LogP contribution in [0.2, 0.25) is 0 Å². The van der Waals surface area contributed by atoms with Gasteiger partial charge in [0, 0.05) is 52.2 Å². The molecular weight excluding hydrogens is 403 g/mol. The van der Waals surface area contributed by atoms with E-state index in [1.807, 2.05) is 43.5 Å². The highest BCUT2D eigenvalue weighted by Crippen LogP contribution is 2.34. The summed E-state index contributed by atoms with van der Waals surface area (Å²) in [5, 5.41) is 9.34. The van der Waals surface area contributed by atoms with Crippen molar-refractivity contribution in [2.45, 2.75) is 6.92 Å². The largest absolute Gasteiger partial charge is 0.353 e. The van der Waals surface area contributed by atoms with Crippen LogP contribution in [0.5, 0.6) is 0 Å². The molecule has 0 saturated carbocycles. The zero-order chi connectivity index (χ0) is 21.7. The summed E-state index contributed by atoms with van der Waals surface area (Å²) in [6, 6.07) is 14.8. The Balaban J connectivity index is 1.52. The molecule has 0 atom stereocenters. The van der Waals surface area contributed by atoms with Crippen molar-refractivity contribution >= 4 is 21.9 Å². The Labute approximate surface area is 182 Å². The molecule has 32 heavy (non-hydrogen) atoms. The molecule has 0 bridgehead atoms. The number of aromatic amines is 2. The van der Waals surface area contributed by atoms with E-state index in [1.165, 1.54) is 12.1 Å². The first-order valence-corrected chi connectivity index (χ1v) is 10.2. The molecule has 5 aromatic heterocycles. The quantitative estimate of drug-likeness (QED) is 0.386. The van der Waals surface area contributed by atoms with Gasteiger partial charge in [-0.2, -0.15) is 5.10 Å². The van der Waals surface area contributed by atoms with E-state index in [0.29, 0.717) is 5.65 Å². The molecule has 6 rings (SSSR count). The molecule has 0 aliphatic heterocycles. The van der Waals surface area contributed by atoms with Gasteiger partial charge in [0.1, 0.15) is 11.5 Å². The van der Waals surface area contributed by atoms with Crippen molar-refractivity contribution in [3.8, 4) is 33.8 Å². The predicted octanol–water partition coefficient (Wildman–Crippen LogP) is 5.68. The van der Waals surface area contributed by atoms with Crippen LogP contribution in [0.4, 0.5) is 4.39 Å². The minimum absolute atomic E-state index is 0.275. The third-order valence-electron chi connectivity index (χ3n) is 5.55. The van der Waals surface area contributed by atoms with Crippen LogP contribution in [-0.4, -0.2) is 30.1 Å². The predicted molar refractivity (Wildman–Crippen MR) is 122 cm³/mol. The number of halogens is 1. The average molecular weight is 420 g/mol. The zero-order valence-electron chi connectivity index (χ0n) is 17.1. The molecule has 2 N–H and O–H groups in total. The van der Waals surface area contributed by atoms with Gasteiger partial charge >= 0.3 is 0 Å². The summed E-state index contributed by atoms with van der Waals surface area (Å²) in [7, 11) is 0. The summed E-state index contributed by atoms with van der Waals surface area (Å²) in [6.45, 7) is 1.87. The van der Waals surface area contributed by atoms with Crippen molar-refractivity contribution in [3.63, 3.8) is 0 Å². The Kier molecular flexibility index (Phi) is 4.07. The highest BCUT2D eigenvalue weighted by Gasteiger charge is 2.16. The van der Waals surface area contributed by atoms with Gasteiger partial charge in [-0.15, -0.1) is 0 Å². The molecule has 5 heterocycles. The topological polar surface area (TPSA) is 83.1 Å². The monoisotopic (exact) mass is 420 g/mol. The maximum atomic E-state index is 14.0.